The molecule has 86 heavy (non-hydrogen) atoms. The highest BCUT2D eigenvalue weighted by atomic mass is 15.1. The summed E-state index contributed by atoms with van der Waals surface area (Å²) >= 11 is 0. The predicted molar refractivity (Wildman–Crippen MR) is 370 cm³/mol. The molecule has 5 aromatic carbocycles. The second-order valence-corrected chi connectivity index (χ2v) is 31.0. The molecule has 0 aliphatic carbocycles. The van der Waals surface area contributed by atoms with Gasteiger partial charge in [-0.2, -0.15) is 0 Å². The summed E-state index contributed by atoms with van der Waals surface area (Å²) < 4.78 is 0. The molecule has 440 valence electrons. The molecule has 0 radical (unpaired) electrons. The Kier molecular flexibility index (Phi) is 15.2. The van der Waals surface area contributed by atoms with Crippen LogP contribution in [0.15, 0.2) is 127 Å². The van der Waals surface area contributed by atoms with Gasteiger partial charge < -0.3 is 9.97 Å². The van der Waals surface area contributed by atoms with E-state index in [1.807, 2.05) is 0 Å². The van der Waals surface area contributed by atoms with Crippen LogP contribution in [0.4, 0.5) is 0 Å². The van der Waals surface area contributed by atoms with Gasteiger partial charge in [0, 0.05) is 61.5 Å². The zero-order valence-electron chi connectivity index (χ0n) is 55.0. The lowest BCUT2D eigenvalue weighted by molar-refractivity contribution is 0.317. The van der Waals surface area contributed by atoms with E-state index in [4.69, 9.17) is 9.97 Å². The van der Waals surface area contributed by atoms with Crippen molar-refractivity contribution >= 4 is 46.4 Å². The van der Waals surface area contributed by atoms with Gasteiger partial charge in [-0.15, -0.1) is 0 Å². The van der Waals surface area contributed by atoms with Gasteiger partial charge in [-0.1, -0.05) is 215 Å². The van der Waals surface area contributed by atoms with Crippen molar-refractivity contribution in [1.82, 2.24) is 24.8 Å². The standard InChI is InChI=1S/C81H91N5/c1-76(2,3)57-41-54(42-58(47-57)77(4,5)6)73-65-34-32-63(82-65)72(53-30-26-51(27-31-53)23-22-50-24-28-52(29-25-50)71-21-20-40-86(71)19)64-33-35-66(83-64)74(55-43-59(78(7,8)9)48-60(44-55)79(10,11)12)68-37-39-70(85-68)75(69-38-36-67(73)84-69)56-45-61(80(13,14)15)49-62(46-56)81(16,17)18/h24-39,41-49,71,82,85H,20-21,40H2,1-19H3. The fourth-order valence-electron chi connectivity index (χ4n) is 12.3. The summed E-state index contributed by atoms with van der Waals surface area (Å²) in [6.45, 7) is 42.9. The van der Waals surface area contributed by atoms with Gasteiger partial charge in [-0.25, -0.2) is 9.97 Å². The number of likely N-dealkylation sites (tertiary alicyclic amines) is 1. The monoisotopic (exact) mass is 1130 g/mol. The molecule has 0 saturated carbocycles. The number of H-pyrrole nitrogens is 2. The molecule has 1 atom stereocenters. The topological polar surface area (TPSA) is 60.6 Å². The largest absolute Gasteiger partial charge is 0.354 e. The Morgan fingerprint density at radius 1 is 0.360 bits per heavy atom. The van der Waals surface area contributed by atoms with Crippen molar-refractivity contribution in [3.8, 4) is 56.3 Å². The molecule has 5 nitrogen and oxygen atoms in total. The summed E-state index contributed by atoms with van der Waals surface area (Å²) in [6, 6.07) is 48.8. The van der Waals surface area contributed by atoms with Gasteiger partial charge in [0.2, 0.25) is 0 Å². The van der Waals surface area contributed by atoms with E-state index in [1.165, 1.54) is 51.8 Å². The van der Waals surface area contributed by atoms with Gasteiger partial charge in [0.25, 0.3) is 0 Å². The molecule has 2 N–H and O–H groups in total. The van der Waals surface area contributed by atoms with Gasteiger partial charge in [0.15, 0.2) is 0 Å². The summed E-state index contributed by atoms with van der Waals surface area (Å²) in [6.07, 6.45) is 11.4. The molecule has 0 amide bonds. The molecule has 3 aliphatic heterocycles. The Labute approximate surface area is 514 Å². The molecule has 6 heterocycles. The lowest BCUT2D eigenvalue weighted by Crippen LogP contribution is -2.17. The van der Waals surface area contributed by atoms with Crippen molar-refractivity contribution in [2.45, 2.75) is 176 Å². The normalized spacial score (nSPS) is 15.1. The minimum Gasteiger partial charge on any atom is -0.354 e. The quantitative estimate of drug-likeness (QED) is 0.169. The number of nitrogens with zero attached hydrogens (tertiary/aromatic N) is 3. The summed E-state index contributed by atoms with van der Waals surface area (Å²) in [7, 11) is 2.23. The predicted octanol–water partition coefficient (Wildman–Crippen LogP) is 21.3. The third-order valence-electron chi connectivity index (χ3n) is 18.0. The van der Waals surface area contributed by atoms with E-state index in [1.54, 1.807) is 0 Å². The number of hydrogen-bond acceptors (Lipinski definition) is 3. The summed E-state index contributed by atoms with van der Waals surface area (Å²) in [5, 5.41) is 0. The Morgan fingerprint density at radius 3 is 0.907 bits per heavy atom. The Hall–Kier alpha value is -7.78. The van der Waals surface area contributed by atoms with Crippen LogP contribution >= 0.6 is 0 Å². The van der Waals surface area contributed by atoms with Crippen LogP contribution in [-0.4, -0.2) is 38.4 Å². The maximum Gasteiger partial charge on any atom is 0.0737 e. The van der Waals surface area contributed by atoms with E-state index in [0.717, 1.165) is 107 Å². The number of fused-ring (bicyclic) bond motifs is 8. The Bertz CT molecular complexity index is 4080. The maximum absolute atomic E-state index is 5.85. The van der Waals surface area contributed by atoms with Crippen LogP contribution in [0.5, 0.6) is 0 Å². The molecule has 11 rings (SSSR count). The number of rotatable bonds is 5. The first-order valence-electron chi connectivity index (χ1n) is 31.3. The first-order chi connectivity index (χ1) is 40.3. The molecule has 0 spiro atoms. The number of benzene rings is 5. The highest BCUT2D eigenvalue weighted by molar-refractivity contribution is 6.00. The highest BCUT2D eigenvalue weighted by Crippen LogP contribution is 2.44. The minimum atomic E-state index is -0.108. The molecule has 3 aromatic heterocycles. The SMILES string of the molecule is CN1CCCC1c1ccc(C#Cc2ccc(-c3c4nc(c(-c5cc(C(C)(C)C)cc(C(C)(C)C)c5)c5ccc([nH]5)c(-c5cc(C(C)(C)C)cc(C(C)(C)C)c5)c5nc(c(-c6cc(C(C)(C)C)cc(C(C)(C)C)c6)c6ccc3[nH]6)C=C5)C=C4)cc2)cc1. The second kappa shape index (κ2) is 21.9. The van der Waals surface area contributed by atoms with Crippen LogP contribution in [-0.2, 0) is 32.5 Å². The number of aromatic amines is 2. The highest BCUT2D eigenvalue weighted by Gasteiger charge is 2.29. The number of nitrogens with one attached hydrogen (secondary N) is 2. The molecule has 1 fully saturated rings. The van der Waals surface area contributed by atoms with Crippen LogP contribution in [0.2, 0.25) is 0 Å². The van der Waals surface area contributed by atoms with Crippen molar-refractivity contribution in [2.75, 3.05) is 13.6 Å². The van der Waals surface area contributed by atoms with Crippen molar-refractivity contribution in [1.29, 1.82) is 0 Å². The summed E-state index contributed by atoms with van der Waals surface area (Å²) in [5.74, 6) is 6.97. The van der Waals surface area contributed by atoms with Crippen molar-refractivity contribution in [3.05, 3.63) is 200 Å². The summed E-state index contributed by atoms with van der Waals surface area (Å²) in [5.41, 5.74) is 26.5. The lowest BCUT2D eigenvalue weighted by atomic mass is 9.78. The van der Waals surface area contributed by atoms with Crippen molar-refractivity contribution in [2.24, 2.45) is 0 Å². The van der Waals surface area contributed by atoms with E-state index >= 15 is 0 Å². The average Bonchev–Trinajstić information content (AvgIpc) is 2.10. The molecule has 1 saturated heterocycles. The van der Waals surface area contributed by atoms with Crippen LogP contribution in [0, 0.1) is 11.8 Å². The Morgan fingerprint density at radius 2 is 0.640 bits per heavy atom. The third kappa shape index (κ3) is 12.3. The van der Waals surface area contributed by atoms with Crippen LogP contribution in [0.1, 0.15) is 216 Å². The number of aromatic nitrogens is 4. The smallest absolute Gasteiger partial charge is 0.0737 e. The van der Waals surface area contributed by atoms with Crippen LogP contribution < -0.4 is 0 Å². The lowest BCUT2D eigenvalue weighted by Gasteiger charge is -2.26. The molecular weight excluding hydrogens is 1040 g/mol. The van der Waals surface area contributed by atoms with Gasteiger partial charge in [0.1, 0.15) is 0 Å². The molecule has 3 aliphatic rings. The summed E-state index contributed by atoms with van der Waals surface area (Å²) in [4.78, 5) is 22.3. The van der Waals surface area contributed by atoms with Crippen LogP contribution in [0.25, 0.3) is 90.9 Å². The fraction of sp³-hybridized carbons (Fsp3) is 0.358. The molecule has 8 bridgehead atoms. The van der Waals surface area contributed by atoms with E-state index in [2.05, 4.69) is 310 Å². The second-order valence-electron chi connectivity index (χ2n) is 31.0. The van der Waals surface area contributed by atoms with Gasteiger partial charge in [-0.3, -0.25) is 4.90 Å². The first-order valence-corrected chi connectivity index (χ1v) is 31.3. The van der Waals surface area contributed by atoms with E-state index in [-0.39, 0.29) is 32.5 Å². The molecule has 5 heteroatoms. The average molecular weight is 1130 g/mol. The first kappa shape index (κ1) is 59.9. The van der Waals surface area contributed by atoms with E-state index in [0.29, 0.717) is 6.04 Å². The molecule has 8 aromatic rings. The zero-order valence-corrected chi connectivity index (χ0v) is 55.0. The van der Waals surface area contributed by atoms with Crippen molar-refractivity contribution in [3.63, 3.8) is 0 Å². The number of hydrogen-bond donors (Lipinski definition) is 2. The van der Waals surface area contributed by atoms with Gasteiger partial charge in [-0.05, 0) is 193 Å². The fourth-order valence-corrected chi connectivity index (χ4v) is 12.3. The van der Waals surface area contributed by atoms with Crippen LogP contribution in [0.3, 0.4) is 0 Å². The third-order valence-corrected chi connectivity index (χ3v) is 18.0. The Balaban J connectivity index is 1.24. The molecule has 1 unspecified atom stereocenters. The van der Waals surface area contributed by atoms with Crippen molar-refractivity contribution < 1.29 is 0 Å². The zero-order chi connectivity index (χ0) is 61.6. The molecular formula is C81H91N5. The maximum atomic E-state index is 5.85. The minimum absolute atomic E-state index is 0.105. The van der Waals surface area contributed by atoms with Gasteiger partial charge >= 0.3 is 0 Å². The van der Waals surface area contributed by atoms with E-state index in [9.17, 15) is 0 Å². The van der Waals surface area contributed by atoms with Gasteiger partial charge in [0.05, 0.1) is 22.8 Å². The van der Waals surface area contributed by atoms with E-state index < -0.39 is 0 Å².